The Morgan fingerprint density at radius 3 is 2.69 bits per heavy atom. The van der Waals surface area contributed by atoms with Crippen LogP contribution in [0.4, 0.5) is 5.69 Å². The zero-order valence-corrected chi connectivity index (χ0v) is 16.2. The fourth-order valence-electron chi connectivity index (χ4n) is 2.24. The lowest BCUT2D eigenvalue weighted by Gasteiger charge is -2.10. The molecular formula is C16H14Cl2N4O3S. The van der Waals surface area contributed by atoms with Gasteiger partial charge in [0.1, 0.15) is 0 Å². The topological polar surface area (TPSA) is 77.8 Å². The van der Waals surface area contributed by atoms with Crippen molar-refractivity contribution in [1.82, 2.24) is 14.6 Å². The largest absolute Gasteiger partial charge is 0.493 e. The van der Waals surface area contributed by atoms with Crippen LogP contribution in [0.1, 0.15) is 0 Å². The van der Waals surface area contributed by atoms with Gasteiger partial charge in [-0.05, 0) is 18.2 Å². The number of benzene rings is 1. The number of halogens is 2. The molecule has 0 atom stereocenters. The molecule has 0 aliphatic heterocycles. The zero-order valence-electron chi connectivity index (χ0n) is 13.8. The molecule has 0 bridgehead atoms. The van der Waals surface area contributed by atoms with Crippen molar-refractivity contribution in [1.29, 1.82) is 0 Å². The highest BCUT2D eigenvalue weighted by atomic mass is 35.5. The summed E-state index contributed by atoms with van der Waals surface area (Å²) in [6, 6.07) is 6.73. The molecule has 0 radical (unpaired) electrons. The number of rotatable bonds is 6. The predicted octanol–water partition coefficient (Wildman–Crippen LogP) is 3.78. The van der Waals surface area contributed by atoms with Gasteiger partial charge in [-0.25, -0.2) is 0 Å². The molecule has 0 saturated carbocycles. The molecule has 1 aromatic carbocycles. The van der Waals surface area contributed by atoms with Crippen LogP contribution in [0.3, 0.4) is 0 Å². The van der Waals surface area contributed by atoms with E-state index in [1.54, 1.807) is 42.0 Å². The average Bonchev–Trinajstić information content (AvgIpc) is 3.03. The Hall–Kier alpha value is -2.16. The third kappa shape index (κ3) is 3.98. The molecule has 2 heterocycles. The number of hydrogen-bond acceptors (Lipinski definition) is 6. The molecule has 0 aliphatic carbocycles. The lowest BCUT2D eigenvalue weighted by molar-refractivity contribution is -0.113. The average molecular weight is 413 g/mol. The van der Waals surface area contributed by atoms with Crippen molar-refractivity contribution in [2.24, 2.45) is 0 Å². The van der Waals surface area contributed by atoms with Crippen molar-refractivity contribution in [3.8, 4) is 11.5 Å². The number of amides is 1. The molecule has 26 heavy (non-hydrogen) atoms. The van der Waals surface area contributed by atoms with E-state index in [9.17, 15) is 4.79 Å². The van der Waals surface area contributed by atoms with E-state index in [0.717, 1.165) is 0 Å². The van der Waals surface area contributed by atoms with Gasteiger partial charge in [0.05, 0.1) is 30.0 Å². The summed E-state index contributed by atoms with van der Waals surface area (Å²) in [5.41, 5.74) is 1.09. The summed E-state index contributed by atoms with van der Waals surface area (Å²) in [6.07, 6.45) is 1.65. The molecule has 1 amide bonds. The minimum Gasteiger partial charge on any atom is -0.493 e. The van der Waals surface area contributed by atoms with Crippen LogP contribution in [0, 0.1) is 0 Å². The molecule has 7 nitrogen and oxygen atoms in total. The van der Waals surface area contributed by atoms with Crippen molar-refractivity contribution in [2.75, 3.05) is 25.3 Å². The van der Waals surface area contributed by atoms with Crippen LogP contribution >= 0.6 is 35.0 Å². The number of carbonyl (C=O) groups is 1. The number of aromatic nitrogens is 3. The Kier molecular flexibility index (Phi) is 5.75. The zero-order chi connectivity index (χ0) is 18.7. The molecule has 2 aromatic heterocycles. The minimum absolute atomic E-state index is 0.138. The standard InChI is InChI=1S/C16H14Cl2N4O3S/c1-24-12-4-3-10(6-13(12)25-2)19-14(23)8-26-16-21-20-15-11(18)5-9(17)7-22(15)16/h3-7H,8H2,1-2H3,(H,19,23). The second-order valence-corrected chi connectivity index (χ2v) is 6.88. The first-order chi connectivity index (χ1) is 12.5. The summed E-state index contributed by atoms with van der Waals surface area (Å²) in [6.45, 7) is 0. The van der Waals surface area contributed by atoms with Crippen LogP contribution in [0.25, 0.3) is 5.65 Å². The molecular weight excluding hydrogens is 399 g/mol. The van der Waals surface area contributed by atoms with Gasteiger partial charge in [0.15, 0.2) is 22.3 Å². The van der Waals surface area contributed by atoms with Gasteiger partial charge in [-0.2, -0.15) is 0 Å². The van der Waals surface area contributed by atoms with Crippen molar-refractivity contribution in [3.05, 3.63) is 40.5 Å². The van der Waals surface area contributed by atoms with E-state index in [2.05, 4.69) is 15.5 Å². The third-order valence-corrected chi connectivity index (χ3v) is 4.82. The number of fused-ring (bicyclic) bond motifs is 1. The van der Waals surface area contributed by atoms with Crippen molar-refractivity contribution >= 4 is 52.2 Å². The normalized spacial score (nSPS) is 10.8. The number of methoxy groups -OCH3 is 2. The lowest BCUT2D eigenvalue weighted by atomic mass is 10.2. The maximum absolute atomic E-state index is 12.2. The first-order valence-corrected chi connectivity index (χ1v) is 9.10. The van der Waals surface area contributed by atoms with Gasteiger partial charge >= 0.3 is 0 Å². The Morgan fingerprint density at radius 1 is 1.19 bits per heavy atom. The molecule has 10 heteroatoms. The van der Waals surface area contributed by atoms with E-state index in [4.69, 9.17) is 32.7 Å². The maximum Gasteiger partial charge on any atom is 0.234 e. The molecule has 0 fully saturated rings. The highest BCUT2D eigenvalue weighted by Crippen LogP contribution is 2.30. The van der Waals surface area contributed by atoms with E-state index < -0.39 is 0 Å². The van der Waals surface area contributed by atoms with E-state index in [1.165, 1.54) is 18.9 Å². The van der Waals surface area contributed by atoms with Crippen LogP contribution in [0.2, 0.25) is 10.0 Å². The quantitative estimate of drug-likeness (QED) is 0.620. The number of nitrogens with zero attached hydrogens (tertiary/aromatic N) is 3. The van der Waals surface area contributed by atoms with Gasteiger partial charge in [0.25, 0.3) is 0 Å². The number of ether oxygens (including phenoxy) is 2. The first-order valence-electron chi connectivity index (χ1n) is 7.36. The summed E-state index contributed by atoms with van der Waals surface area (Å²) in [7, 11) is 3.08. The Labute approximate surface area is 163 Å². The van der Waals surface area contributed by atoms with Crippen LogP contribution in [0.5, 0.6) is 11.5 Å². The number of carbonyl (C=O) groups excluding carboxylic acids is 1. The number of thioether (sulfide) groups is 1. The highest BCUT2D eigenvalue weighted by Gasteiger charge is 2.13. The van der Waals surface area contributed by atoms with Crippen LogP contribution < -0.4 is 14.8 Å². The van der Waals surface area contributed by atoms with Gasteiger partial charge in [-0.15, -0.1) is 10.2 Å². The molecule has 3 aromatic rings. The van der Waals surface area contributed by atoms with Crippen molar-refractivity contribution in [2.45, 2.75) is 5.16 Å². The van der Waals surface area contributed by atoms with Crippen LogP contribution in [0.15, 0.2) is 35.6 Å². The second kappa shape index (κ2) is 8.03. The summed E-state index contributed by atoms with van der Waals surface area (Å²) in [4.78, 5) is 12.2. The summed E-state index contributed by atoms with van der Waals surface area (Å²) >= 11 is 13.3. The molecule has 136 valence electrons. The molecule has 0 saturated heterocycles. The number of anilines is 1. The Bertz CT molecular complexity index is 964. The van der Waals surface area contributed by atoms with Crippen molar-refractivity contribution in [3.63, 3.8) is 0 Å². The number of nitrogens with one attached hydrogen (secondary N) is 1. The third-order valence-electron chi connectivity index (χ3n) is 3.39. The van der Waals surface area contributed by atoms with Gasteiger partial charge in [-0.1, -0.05) is 35.0 Å². The van der Waals surface area contributed by atoms with Crippen molar-refractivity contribution < 1.29 is 14.3 Å². The molecule has 0 unspecified atom stereocenters. The number of pyridine rings is 1. The summed E-state index contributed by atoms with van der Waals surface area (Å²) in [5.74, 6) is 1.06. The molecule has 1 N–H and O–H groups in total. The monoisotopic (exact) mass is 412 g/mol. The van der Waals surface area contributed by atoms with Gasteiger partial charge in [0.2, 0.25) is 5.91 Å². The van der Waals surface area contributed by atoms with E-state index >= 15 is 0 Å². The van der Waals surface area contributed by atoms with Gasteiger partial charge in [-0.3, -0.25) is 9.20 Å². The van der Waals surface area contributed by atoms with Gasteiger partial charge < -0.3 is 14.8 Å². The fraction of sp³-hybridized carbons (Fsp3) is 0.188. The minimum atomic E-state index is -0.202. The number of hydrogen-bond donors (Lipinski definition) is 1. The predicted molar refractivity (Wildman–Crippen MR) is 102 cm³/mol. The van der Waals surface area contributed by atoms with E-state index in [0.29, 0.717) is 38.0 Å². The highest BCUT2D eigenvalue weighted by molar-refractivity contribution is 7.99. The van der Waals surface area contributed by atoms with E-state index in [1.807, 2.05) is 0 Å². The molecule has 0 aliphatic rings. The van der Waals surface area contributed by atoms with Gasteiger partial charge in [0, 0.05) is 18.0 Å². The SMILES string of the molecule is COc1ccc(NC(=O)CSc2nnc3c(Cl)cc(Cl)cn23)cc1OC. The lowest BCUT2D eigenvalue weighted by Crippen LogP contribution is -2.14. The molecule has 0 spiro atoms. The molecule has 3 rings (SSSR count). The second-order valence-electron chi connectivity index (χ2n) is 5.09. The Morgan fingerprint density at radius 2 is 1.96 bits per heavy atom. The summed E-state index contributed by atoms with van der Waals surface area (Å²) in [5, 5.41) is 12.2. The van der Waals surface area contributed by atoms with E-state index in [-0.39, 0.29) is 11.7 Å². The maximum atomic E-state index is 12.2. The fourth-order valence-corrected chi connectivity index (χ4v) is 3.46. The first kappa shape index (κ1) is 18.6. The smallest absolute Gasteiger partial charge is 0.234 e. The Balaban J connectivity index is 1.68. The van der Waals surface area contributed by atoms with Crippen LogP contribution in [-0.2, 0) is 4.79 Å². The van der Waals surface area contributed by atoms with Crippen LogP contribution in [-0.4, -0.2) is 40.5 Å². The summed E-state index contributed by atoms with van der Waals surface area (Å²) < 4.78 is 12.0.